The molecule has 9 heteroatoms. The lowest BCUT2D eigenvalue weighted by Crippen LogP contribution is -2.16. The first-order chi connectivity index (χ1) is 16.9. The van der Waals surface area contributed by atoms with Gasteiger partial charge in [0.1, 0.15) is 11.4 Å². The van der Waals surface area contributed by atoms with E-state index in [1.807, 2.05) is 74.1 Å². The topological polar surface area (TPSA) is 86.9 Å². The van der Waals surface area contributed by atoms with E-state index < -0.39 is 0 Å². The van der Waals surface area contributed by atoms with Crippen LogP contribution in [0.5, 0.6) is 5.75 Å². The highest BCUT2D eigenvalue weighted by molar-refractivity contribution is 7.99. The number of nitrogens with zero attached hydrogens (tertiary/aromatic N) is 5. The number of anilines is 1. The van der Waals surface area contributed by atoms with Crippen molar-refractivity contribution in [2.45, 2.75) is 38.9 Å². The fourth-order valence-corrected chi connectivity index (χ4v) is 4.83. The van der Waals surface area contributed by atoms with Crippen LogP contribution in [0.15, 0.2) is 53.8 Å². The van der Waals surface area contributed by atoms with Crippen molar-refractivity contribution in [3.8, 4) is 28.4 Å². The fraction of sp³-hybridized carbons (Fsp3) is 0.308. The lowest BCUT2D eigenvalue weighted by atomic mass is 10.1. The number of carbonyl (C=O) groups excluding carboxylic acids is 1. The van der Waals surface area contributed by atoms with Gasteiger partial charge in [-0.05, 0) is 43.5 Å². The van der Waals surface area contributed by atoms with Gasteiger partial charge in [0, 0.05) is 31.0 Å². The van der Waals surface area contributed by atoms with Gasteiger partial charge in [-0.3, -0.25) is 9.48 Å². The van der Waals surface area contributed by atoms with Crippen molar-refractivity contribution >= 4 is 23.4 Å². The average Bonchev–Trinajstić information content (AvgIpc) is 3.46. The van der Waals surface area contributed by atoms with E-state index in [1.54, 1.807) is 11.8 Å². The predicted molar refractivity (Wildman–Crippen MR) is 140 cm³/mol. The number of methoxy groups -OCH3 is 1. The number of hydrogen-bond acceptors (Lipinski definition) is 6. The van der Waals surface area contributed by atoms with Gasteiger partial charge in [0.25, 0.3) is 0 Å². The molecule has 182 valence electrons. The number of ether oxygens (including phenoxy) is 1. The molecule has 0 fully saturated rings. The quantitative estimate of drug-likeness (QED) is 0.333. The van der Waals surface area contributed by atoms with E-state index in [0.717, 1.165) is 45.8 Å². The maximum absolute atomic E-state index is 12.8. The van der Waals surface area contributed by atoms with Gasteiger partial charge in [-0.1, -0.05) is 49.0 Å². The van der Waals surface area contributed by atoms with Crippen LogP contribution in [0.3, 0.4) is 0 Å². The van der Waals surface area contributed by atoms with Crippen molar-refractivity contribution in [2.75, 3.05) is 18.2 Å². The van der Waals surface area contributed by atoms with E-state index in [-0.39, 0.29) is 11.7 Å². The number of benzene rings is 2. The number of aryl methyl sites for hydroxylation is 3. The number of rotatable bonds is 9. The Hall–Kier alpha value is -3.59. The van der Waals surface area contributed by atoms with Crippen molar-refractivity contribution in [1.29, 1.82) is 0 Å². The lowest BCUT2D eigenvalue weighted by molar-refractivity contribution is -0.113. The van der Waals surface area contributed by atoms with E-state index in [9.17, 15) is 4.79 Å². The first-order valence-corrected chi connectivity index (χ1v) is 12.6. The highest BCUT2D eigenvalue weighted by atomic mass is 32.2. The largest absolute Gasteiger partial charge is 0.497 e. The highest BCUT2D eigenvalue weighted by Gasteiger charge is 2.21. The molecule has 2 aromatic carbocycles. The van der Waals surface area contributed by atoms with Crippen molar-refractivity contribution < 1.29 is 9.53 Å². The third kappa shape index (κ3) is 5.24. The monoisotopic (exact) mass is 490 g/mol. The van der Waals surface area contributed by atoms with Gasteiger partial charge in [0.05, 0.1) is 18.4 Å². The molecule has 2 aromatic heterocycles. The minimum Gasteiger partial charge on any atom is -0.497 e. The molecule has 35 heavy (non-hydrogen) atoms. The molecule has 0 aliphatic rings. The van der Waals surface area contributed by atoms with E-state index in [1.165, 1.54) is 11.8 Å². The SMILES string of the molecule is CCc1cccc(C)c1NC(=O)CSc1nnc(-c2cn(C)nc2-c2cccc(OC)c2)n1CC. The molecule has 0 saturated heterocycles. The Kier molecular flexibility index (Phi) is 7.55. The molecule has 0 spiro atoms. The summed E-state index contributed by atoms with van der Waals surface area (Å²) in [5.74, 6) is 1.65. The molecule has 0 radical (unpaired) electrons. The molecule has 4 aromatic rings. The van der Waals surface area contributed by atoms with E-state index >= 15 is 0 Å². The third-order valence-electron chi connectivity index (χ3n) is 5.78. The molecule has 0 aliphatic carbocycles. The molecule has 0 saturated carbocycles. The Bertz CT molecular complexity index is 1340. The standard InChI is InChI=1S/C26H30N6O2S/c1-6-18-11-8-10-17(3)23(18)27-22(33)16-35-26-29-28-25(32(26)7-2)21-15-31(4)30-24(21)19-12-9-13-20(14-19)34-5/h8-15H,6-7,16H2,1-5H3,(H,27,33). The maximum atomic E-state index is 12.8. The Morgan fingerprint density at radius 2 is 1.94 bits per heavy atom. The maximum Gasteiger partial charge on any atom is 0.234 e. The Labute approximate surface area is 209 Å². The van der Waals surface area contributed by atoms with Crippen LogP contribution in [-0.2, 0) is 24.8 Å². The third-order valence-corrected chi connectivity index (χ3v) is 6.75. The zero-order valence-corrected chi connectivity index (χ0v) is 21.5. The van der Waals surface area contributed by atoms with Crippen LogP contribution in [0, 0.1) is 6.92 Å². The summed E-state index contributed by atoms with van der Waals surface area (Å²) in [5.41, 5.74) is 5.70. The van der Waals surface area contributed by atoms with Crippen LogP contribution in [0.1, 0.15) is 25.0 Å². The number of hydrogen-bond donors (Lipinski definition) is 1. The molecular weight excluding hydrogens is 460 g/mol. The van der Waals surface area contributed by atoms with Gasteiger partial charge in [-0.2, -0.15) is 5.10 Å². The summed E-state index contributed by atoms with van der Waals surface area (Å²) in [4.78, 5) is 12.8. The van der Waals surface area contributed by atoms with Crippen molar-refractivity contribution in [3.05, 3.63) is 59.8 Å². The van der Waals surface area contributed by atoms with Crippen LogP contribution >= 0.6 is 11.8 Å². The highest BCUT2D eigenvalue weighted by Crippen LogP contribution is 2.33. The minimum atomic E-state index is -0.0651. The number of thioether (sulfide) groups is 1. The molecule has 0 bridgehead atoms. The lowest BCUT2D eigenvalue weighted by Gasteiger charge is -2.13. The molecular formula is C26H30N6O2S. The second-order valence-electron chi connectivity index (χ2n) is 8.15. The van der Waals surface area contributed by atoms with Gasteiger partial charge in [0.15, 0.2) is 11.0 Å². The first kappa shape index (κ1) is 24.5. The molecule has 4 rings (SSSR count). The zero-order chi connectivity index (χ0) is 24.9. The first-order valence-electron chi connectivity index (χ1n) is 11.6. The van der Waals surface area contributed by atoms with Crippen LogP contribution in [0.25, 0.3) is 22.6 Å². The molecule has 8 nitrogen and oxygen atoms in total. The molecule has 1 N–H and O–H groups in total. The van der Waals surface area contributed by atoms with Gasteiger partial charge < -0.3 is 14.6 Å². The van der Waals surface area contributed by atoms with Crippen molar-refractivity contribution in [2.24, 2.45) is 7.05 Å². The normalized spacial score (nSPS) is 11.0. The van der Waals surface area contributed by atoms with E-state index in [4.69, 9.17) is 4.74 Å². The Balaban J connectivity index is 1.57. The average molecular weight is 491 g/mol. The number of carbonyl (C=O) groups is 1. The number of amides is 1. The molecule has 0 unspecified atom stereocenters. The summed E-state index contributed by atoms with van der Waals surface area (Å²) in [6.45, 7) is 6.80. The predicted octanol–water partition coefficient (Wildman–Crippen LogP) is 4.98. The van der Waals surface area contributed by atoms with Gasteiger partial charge in [-0.15, -0.1) is 10.2 Å². The van der Waals surface area contributed by atoms with E-state index in [0.29, 0.717) is 17.5 Å². The second-order valence-corrected chi connectivity index (χ2v) is 9.09. The molecule has 0 aliphatic heterocycles. The molecule has 0 atom stereocenters. The Morgan fingerprint density at radius 1 is 1.14 bits per heavy atom. The number of nitrogens with one attached hydrogen (secondary N) is 1. The van der Waals surface area contributed by atoms with Crippen molar-refractivity contribution in [1.82, 2.24) is 24.5 Å². The minimum absolute atomic E-state index is 0.0651. The van der Waals surface area contributed by atoms with Gasteiger partial charge in [-0.25, -0.2) is 0 Å². The Morgan fingerprint density at radius 3 is 2.69 bits per heavy atom. The summed E-state index contributed by atoms with van der Waals surface area (Å²) in [7, 11) is 3.53. The number of aromatic nitrogens is 5. The van der Waals surface area contributed by atoms with E-state index in [2.05, 4.69) is 27.5 Å². The summed E-state index contributed by atoms with van der Waals surface area (Å²) in [6, 6.07) is 13.9. The second kappa shape index (κ2) is 10.8. The van der Waals surface area contributed by atoms with Crippen LogP contribution in [-0.4, -0.2) is 43.3 Å². The zero-order valence-electron chi connectivity index (χ0n) is 20.7. The summed E-state index contributed by atoms with van der Waals surface area (Å²) < 4.78 is 9.18. The fourth-order valence-electron chi connectivity index (χ4n) is 4.02. The van der Waals surface area contributed by atoms with Gasteiger partial charge >= 0.3 is 0 Å². The van der Waals surface area contributed by atoms with Gasteiger partial charge in [0.2, 0.25) is 5.91 Å². The molecule has 2 heterocycles. The van der Waals surface area contributed by atoms with Crippen LogP contribution in [0.4, 0.5) is 5.69 Å². The van der Waals surface area contributed by atoms with Crippen molar-refractivity contribution in [3.63, 3.8) is 0 Å². The van der Waals surface area contributed by atoms with Crippen LogP contribution < -0.4 is 10.1 Å². The van der Waals surface area contributed by atoms with Crippen LogP contribution in [0.2, 0.25) is 0 Å². The smallest absolute Gasteiger partial charge is 0.234 e. The summed E-state index contributed by atoms with van der Waals surface area (Å²) in [5, 5.41) is 17.3. The number of para-hydroxylation sites is 1. The summed E-state index contributed by atoms with van der Waals surface area (Å²) >= 11 is 1.38. The summed E-state index contributed by atoms with van der Waals surface area (Å²) in [6.07, 6.45) is 2.80. The molecule has 1 amide bonds.